The zero-order valence-electron chi connectivity index (χ0n) is 14.9. The summed E-state index contributed by atoms with van der Waals surface area (Å²) in [6, 6.07) is 6.00. The molecule has 0 spiro atoms. The van der Waals surface area contributed by atoms with E-state index >= 15 is 0 Å². The van der Waals surface area contributed by atoms with Crippen LogP contribution in [-0.4, -0.2) is 13.2 Å². The van der Waals surface area contributed by atoms with E-state index < -0.39 is 14.2 Å². The number of hydrogen-bond acceptors (Lipinski definition) is 1. The van der Waals surface area contributed by atoms with Crippen LogP contribution in [0, 0.1) is 18.4 Å². The van der Waals surface area contributed by atoms with Gasteiger partial charge in [-0.15, -0.1) is 5.54 Å². The van der Waals surface area contributed by atoms with Gasteiger partial charge in [0.2, 0.25) is 0 Å². The fraction of sp³-hybridized carbons (Fsp3) is 0.579. The largest absolute Gasteiger partial charge is 0.376 e. The quantitative estimate of drug-likeness (QED) is 0.500. The minimum atomic E-state index is -1.79. The number of benzene rings is 1. The molecular weight excluding hydrogens is 352 g/mol. The zero-order chi connectivity index (χ0) is 17.1. The van der Waals surface area contributed by atoms with Crippen molar-refractivity contribution in [2.75, 3.05) is 0 Å². The highest BCUT2D eigenvalue weighted by Crippen LogP contribution is 2.41. The zero-order valence-corrected chi connectivity index (χ0v) is 17.5. The minimum absolute atomic E-state index is 0.577. The number of rotatable bonds is 4. The first-order valence-electron chi connectivity index (χ1n) is 8.09. The fourth-order valence-electron chi connectivity index (χ4n) is 3.56. The van der Waals surface area contributed by atoms with Crippen LogP contribution in [0.2, 0.25) is 16.6 Å². The van der Waals surface area contributed by atoms with Crippen LogP contribution in [0.25, 0.3) is 0 Å². The second-order valence-corrected chi connectivity index (χ2v) is 13.5. The summed E-state index contributed by atoms with van der Waals surface area (Å²) in [6.45, 7) is 15.8. The molecular formula is C19H29BrOSi. The first kappa shape index (κ1) is 19.5. The molecule has 0 saturated heterocycles. The van der Waals surface area contributed by atoms with Gasteiger partial charge in [-0.2, -0.15) is 0 Å². The van der Waals surface area contributed by atoms with Crippen LogP contribution in [-0.2, 0) is 0 Å². The monoisotopic (exact) mass is 380 g/mol. The van der Waals surface area contributed by atoms with E-state index in [1.54, 1.807) is 0 Å². The average molecular weight is 381 g/mol. The number of aryl methyl sites for hydroxylation is 1. The SMILES string of the molecule is Cc1ccc(C(O)C#C[Si](C(C)C)(C(C)C)C(C)C)c(Br)c1. The molecule has 0 aliphatic heterocycles. The van der Waals surface area contributed by atoms with Crippen molar-refractivity contribution in [3.63, 3.8) is 0 Å². The van der Waals surface area contributed by atoms with Gasteiger partial charge in [0.05, 0.1) is 0 Å². The smallest absolute Gasteiger partial charge is 0.146 e. The van der Waals surface area contributed by atoms with Crippen molar-refractivity contribution in [1.82, 2.24) is 0 Å². The van der Waals surface area contributed by atoms with Gasteiger partial charge in [-0.25, -0.2) is 0 Å². The van der Waals surface area contributed by atoms with E-state index in [2.05, 4.69) is 68.9 Å². The Morgan fingerprint density at radius 1 is 1.00 bits per heavy atom. The van der Waals surface area contributed by atoms with Crippen LogP contribution in [0.4, 0.5) is 0 Å². The van der Waals surface area contributed by atoms with Crippen molar-refractivity contribution >= 4 is 24.0 Å². The van der Waals surface area contributed by atoms with E-state index in [4.69, 9.17) is 0 Å². The van der Waals surface area contributed by atoms with Gasteiger partial charge < -0.3 is 5.11 Å². The molecule has 1 aromatic carbocycles. The Balaban J connectivity index is 3.22. The lowest BCUT2D eigenvalue weighted by molar-refractivity contribution is 0.237. The van der Waals surface area contributed by atoms with Gasteiger partial charge in [-0.05, 0) is 35.2 Å². The molecule has 1 N–H and O–H groups in total. The number of hydrogen-bond donors (Lipinski definition) is 1. The van der Waals surface area contributed by atoms with Gasteiger partial charge in [0.15, 0.2) is 0 Å². The maximum Gasteiger partial charge on any atom is 0.146 e. The van der Waals surface area contributed by atoms with Crippen molar-refractivity contribution in [2.24, 2.45) is 0 Å². The maximum absolute atomic E-state index is 10.5. The van der Waals surface area contributed by atoms with Crippen LogP contribution >= 0.6 is 15.9 Å². The summed E-state index contributed by atoms with van der Waals surface area (Å²) in [5.74, 6) is 3.18. The normalized spacial score (nSPS) is 13.5. The summed E-state index contributed by atoms with van der Waals surface area (Å²) >= 11 is 3.54. The van der Waals surface area contributed by atoms with E-state index in [0.717, 1.165) is 10.0 Å². The van der Waals surface area contributed by atoms with Gasteiger partial charge in [0.1, 0.15) is 14.2 Å². The third-order valence-electron chi connectivity index (χ3n) is 4.74. The highest BCUT2D eigenvalue weighted by atomic mass is 79.9. The molecule has 1 aromatic rings. The molecule has 1 unspecified atom stereocenters. The minimum Gasteiger partial charge on any atom is -0.376 e. The van der Waals surface area contributed by atoms with Crippen molar-refractivity contribution in [2.45, 2.75) is 71.2 Å². The van der Waals surface area contributed by atoms with Gasteiger partial charge in [0, 0.05) is 10.0 Å². The van der Waals surface area contributed by atoms with E-state index in [1.165, 1.54) is 5.56 Å². The van der Waals surface area contributed by atoms with E-state index in [0.29, 0.717) is 16.6 Å². The topological polar surface area (TPSA) is 20.2 Å². The van der Waals surface area contributed by atoms with Crippen LogP contribution in [0.5, 0.6) is 0 Å². The Morgan fingerprint density at radius 3 is 1.91 bits per heavy atom. The predicted molar refractivity (Wildman–Crippen MR) is 103 cm³/mol. The van der Waals surface area contributed by atoms with E-state index in [9.17, 15) is 5.11 Å². The molecule has 1 atom stereocenters. The highest BCUT2D eigenvalue weighted by Gasteiger charge is 2.41. The lowest BCUT2D eigenvalue weighted by Gasteiger charge is -2.38. The molecule has 0 aromatic heterocycles. The fourth-order valence-corrected chi connectivity index (χ4v) is 9.52. The van der Waals surface area contributed by atoms with E-state index in [1.807, 2.05) is 25.1 Å². The molecule has 0 heterocycles. The summed E-state index contributed by atoms with van der Waals surface area (Å²) in [6.07, 6.45) is -0.724. The van der Waals surface area contributed by atoms with Gasteiger partial charge in [-0.3, -0.25) is 0 Å². The van der Waals surface area contributed by atoms with Crippen LogP contribution in [0.3, 0.4) is 0 Å². The van der Waals surface area contributed by atoms with Gasteiger partial charge in [-0.1, -0.05) is 75.5 Å². The van der Waals surface area contributed by atoms with Crippen LogP contribution in [0.1, 0.15) is 58.8 Å². The highest BCUT2D eigenvalue weighted by molar-refractivity contribution is 9.10. The number of halogens is 1. The Hall–Kier alpha value is -0.563. The molecule has 0 radical (unpaired) electrons. The lowest BCUT2D eigenvalue weighted by Crippen LogP contribution is -2.43. The Kier molecular flexibility index (Phi) is 6.92. The van der Waals surface area contributed by atoms with Crippen LogP contribution < -0.4 is 0 Å². The second kappa shape index (κ2) is 7.81. The standard InChI is InChI=1S/C19H29BrOSi/c1-13(2)22(14(3)4,15(5)6)11-10-19(21)17-9-8-16(7)12-18(17)20/h8-9,12-15,19,21H,1-7H3. The number of aliphatic hydroxyl groups excluding tert-OH is 1. The predicted octanol–water partition coefficient (Wildman–Crippen LogP) is 6.01. The van der Waals surface area contributed by atoms with Crippen molar-refractivity contribution in [3.05, 3.63) is 33.8 Å². The van der Waals surface area contributed by atoms with Crippen molar-refractivity contribution in [3.8, 4) is 11.5 Å². The molecule has 0 aliphatic carbocycles. The lowest BCUT2D eigenvalue weighted by atomic mass is 10.1. The second-order valence-electron chi connectivity index (χ2n) is 7.09. The van der Waals surface area contributed by atoms with Crippen molar-refractivity contribution in [1.29, 1.82) is 0 Å². The first-order chi connectivity index (χ1) is 10.1. The Bertz CT molecular complexity index is 545. The summed E-state index contributed by atoms with van der Waals surface area (Å²) in [4.78, 5) is 0. The molecule has 0 amide bonds. The Labute approximate surface area is 145 Å². The summed E-state index contributed by atoms with van der Waals surface area (Å²) in [7, 11) is -1.79. The molecule has 0 fully saturated rings. The van der Waals surface area contributed by atoms with Crippen molar-refractivity contribution < 1.29 is 5.11 Å². The third-order valence-corrected chi connectivity index (χ3v) is 11.7. The molecule has 22 heavy (non-hydrogen) atoms. The summed E-state index contributed by atoms with van der Waals surface area (Å²) in [5.41, 5.74) is 7.35. The molecule has 122 valence electrons. The molecule has 0 bridgehead atoms. The molecule has 1 nitrogen and oxygen atoms in total. The van der Waals surface area contributed by atoms with E-state index in [-0.39, 0.29) is 0 Å². The molecule has 0 aliphatic rings. The summed E-state index contributed by atoms with van der Waals surface area (Å²) in [5, 5.41) is 10.5. The summed E-state index contributed by atoms with van der Waals surface area (Å²) < 4.78 is 0.931. The molecule has 0 saturated carbocycles. The van der Waals surface area contributed by atoms with Gasteiger partial charge in [0.25, 0.3) is 0 Å². The maximum atomic E-state index is 10.5. The Morgan fingerprint density at radius 2 is 1.50 bits per heavy atom. The van der Waals surface area contributed by atoms with Crippen LogP contribution in [0.15, 0.2) is 22.7 Å². The number of aliphatic hydroxyl groups is 1. The first-order valence-corrected chi connectivity index (χ1v) is 11.1. The van der Waals surface area contributed by atoms with Gasteiger partial charge >= 0.3 is 0 Å². The average Bonchev–Trinajstić information content (AvgIpc) is 2.37. The third kappa shape index (κ3) is 4.04. The molecule has 3 heteroatoms. The molecule has 1 rings (SSSR count).